The Morgan fingerprint density at radius 3 is 2.54 bits per heavy atom. The second kappa shape index (κ2) is 10.3. The molecule has 1 atom stereocenters. The van der Waals surface area contributed by atoms with E-state index in [9.17, 15) is 18.0 Å². The van der Waals surface area contributed by atoms with Crippen LogP contribution in [-0.2, 0) is 35.3 Å². The van der Waals surface area contributed by atoms with E-state index in [1.54, 1.807) is 20.2 Å². The molecule has 10 heteroatoms. The Balaban J connectivity index is 1.48. The van der Waals surface area contributed by atoms with Crippen LogP contribution in [0.5, 0.6) is 5.75 Å². The Morgan fingerprint density at radius 2 is 1.70 bits per heavy atom. The third-order valence-corrected chi connectivity index (χ3v) is 9.47. The lowest BCUT2D eigenvalue weighted by Gasteiger charge is -2.37. The number of carbonyl (C=O) groups is 1. The number of sulfonamides is 1. The molecule has 1 aromatic heterocycles. The molecule has 1 fully saturated rings. The van der Waals surface area contributed by atoms with E-state index >= 15 is 0 Å². The number of aromatic nitrogens is 2. The molecule has 0 aliphatic carbocycles. The van der Waals surface area contributed by atoms with E-state index in [2.05, 4.69) is 6.07 Å². The molecular formula is C27H34N4O5S. The number of ether oxygens (including phenoxy) is 1. The monoisotopic (exact) mass is 526 g/mol. The summed E-state index contributed by atoms with van der Waals surface area (Å²) in [5, 5.41) is 0. The highest BCUT2D eigenvalue weighted by Gasteiger charge is 2.32. The van der Waals surface area contributed by atoms with Gasteiger partial charge in [0.15, 0.2) is 0 Å². The van der Waals surface area contributed by atoms with E-state index in [-0.39, 0.29) is 35.6 Å². The highest BCUT2D eigenvalue weighted by Crippen LogP contribution is 2.26. The molecule has 0 saturated carbocycles. The van der Waals surface area contributed by atoms with E-state index in [0.717, 1.165) is 37.9 Å². The average molecular weight is 527 g/mol. The minimum Gasteiger partial charge on any atom is -0.494 e. The first-order chi connectivity index (χ1) is 17.8. The van der Waals surface area contributed by atoms with Gasteiger partial charge in [0, 0.05) is 33.2 Å². The Bertz CT molecular complexity index is 1480. The van der Waals surface area contributed by atoms with Crippen molar-refractivity contribution in [3.8, 4) is 5.75 Å². The van der Waals surface area contributed by atoms with Crippen molar-refractivity contribution in [1.29, 1.82) is 0 Å². The predicted molar refractivity (Wildman–Crippen MR) is 141 cm³/mol. The summed E-state index contributed by atoms with van der Waals surface area (Å²) in [6, 6.07) is 12.8. The number of rotatable bonds is 2. The van der Waals surface area contributed by atoms with E-state index in [1.807, 2.05) is 23.1 Å². The van der Waals surface area contributed by atoms with E-state index in [4.69, 9.17) is 4.74 Å². The molecule has 2 bridgehead atoms. The van der Waals surface area contributed by atoms with E-state index < -0.39 is 10.0 Å². The van der Waals surface area contributed by atoms with Crippen LogP contribution < -0.4 is 10.4 Å². The molecule has 37 heavy (non-hydrogen) atoms. The number of hydrogen-bond donors (Lipinski definition) is 0. The number of nitrogens with zero attached hydrogens (tertiary/aromatic N) is 4. The zero-order valence-electron chi connectivity index (χ0n) is 21.4. The number of fused-ring (bicyclic) bond motifs is 4. The molecule has 3 heterocycles. The fraction of sp³-hybridized carbons (Fsp3) is 0.481. The number of imidazole rings is 1. The largest absolute Gasteiger partial charge is 0.494 e. The number of amides is 1. The lowest BCUT2D eigenvalue weighted by Crippen LogP contribution is -2.49. The maximum atomic E-state index is 13.8. The van der Waals surface area contributed by atoms with Crippen molar-refractivity contribution >= 4 is 27.0 Å². The lowest BCUT2D eigenvalue weighted by molar-refractivity contribution is -0.135. The SMILES string of the molecule is Cn1c(=O)n(C)c2cc(S(=O)(=O)N3CCCOc4cccc(c4)CCC4CCCCN4C(=O)C3)ccc21. The predicted octanol–water partition coefficient (Wildman–Crippen LogP) is 2.66. The van der Waals surface area contributed by atoms with Crippen LogP contribution in [0.15, 0.2) is 52.2 Å². The summed E-state index contributed by atoms with van der Waals surface area (Å²) in [6.07, 6.45) is 5.02. The molecule has 0 radical (unpaired) electrons. The van der Waals surface area contributed by atoms with Crippen LogP contribution in [0.4, 0.5) is 0 Å². The van der Waals surface area contributed by atoms with Gasteiger partial charge in [-0.1, -0.05) is 12.1 Å². The van der Waals surface area contributed by atoms with Crippen LogP contribution in [0.25, 0.3) is 11.0 Å². The van der Waals surface area contributed by atoms with Gasteiger partial charge in [-0.15, -0.1) is 0 Å². The first kappa shape index (κ1) is 25.5. The molecule has 2 aromatic carbocycles. The molecule has 3 aromatic rings. The van der Waals surface area contributed by atoms with Crippen molar-refractivity contribution in [3.63, 3.8) is 0 Å². The highest BCUT2D eigenvalue weighted by molar-refractivity contribution is 7.89. The number of benzene rings is 2. The molecule has 1 amide bonds. The maximum Gasteiger partial charge on any atom is 0.328 e. The van der Waals surface area contributed by atoms with Gasteiger partial charge < -0.3 is 9.64 Å². The molecule has 0 N–H and O–H groups in total. The van der Waals surface area contributed by atoms with Crippen LogP contribution >= 0.6 is 0 Å². The fourth-order valence-corrected chi connectivity index (χ4v) is 6.95. The first-order valence-corrected chi connectivity index (χ1v) is 14.4. The molecule has 1 saturated heterocycles. The summed E-state index contributed by atoms with van der Waals surface area (Å²) in [5.74, 6) is 0.615. The minimum atomic E-state index is -4.00. The molecule has 2 aliphatic heterocycles. The Labute approximate surface area is 217 Å². The van der Waals surface area contributed by atoms with Gasteiger partial charge >= 0.3 is 5.69 Å². The molecule has 1 unspecified atom stereocenters. The molecule has 0 spiro atoms. The number of carbonyl (C=O) groups excluding carboxylic acids is 1. The van der Waals surface area contributed by atoms with Crippen LogP contribution in [0.2, 0.25) is 0 Å². The summed E-state index contributed by atoms with van der Waals surface area (Å²) in [6.45, 7) is 0.925. The van der Waals surface area contributed by atoms with Gasteiger partial charge in [0.1, 0.15) is 5.75 Å². The van der Waals surface area contributed by atoms with Crippen LogP contribution in [0.3, 0.4) is 0 Å². The van der Waals surface area contributed by atoms with Crippen LogP contribution in [0, 0.1) is 0 Å². The van der Waals surface area contributed by atoms with E-state index in [1.165, 1.54) is 31.1 Å². The first-order valence-electron chi connectivity index (χ1n) is 12.9. The smallest absolute Gasteiger partial charge is 0.328 e. The van der Waals surface area contributed by atoms with Crippen molar-refractivity contribution in [2.45, 2.75) is 49.5 Å². The molecular weight excluding hydrogens is 492 g/mol. The third kappa shape index (κ3) is 5.04. The van der Waals surface area contributed by atoms with Crippen LogP contribution in [0.1, 0.15) is 37.7 Å². The topological polar surface area (TPSA) is 93.8 Å². The van der Waals surface area contributed by atoms with Crippen molar-refractivity contribution in [2.75, 3.05) is 26.2 Å². The van der Waals surface area contributed by atoms with Gasteiger partial charge in [0.2, 0.25) is 15.9 Å². The zero-order valence-corrected chi connectivity index (χ0v) is 22.2. The molecule has 5 rings (SSSR count). The highest BCUT2D eigenvalue weighted by atomic mass is 32.2. The van der Waals surface area contributed by atoms with E-state index in [0.29, 0.717) is 30.6 Å². The Hall–Kier alpha value is -3.11. The van der Waals surface area contributed by atoms with Gasteiger partial charge in [0.25, 0.3) is 0 Å². The van der Waals surface area contributed by atoms with Gasteiger partial charge in [-0.05, 0) is 74.4 Å². The standard InChI is InChI=1S/C27H34N4O5S/c1-28-24-13-12-23(18-25(24)29(2)27(28)33)37(34,35)30-14-6-16-36-22-9-5-7-20(17-22)10-11-21-8-3-4-15-31(21)26(32)19-30/h5,7,9,12-13,17-18,21H,3-4,6,8,10-11,14-16,19H2,1-2H3. The van der Waals surface area contributed by atoms with Crippen molar-refractivity contribution in [3.05, 3.63) is 58.5 Å². The number of piperidine rings is 1. The quantitative estimate of drug-likeness (QED) is 0.512. The third-order valence-electron chi connectivity index (χ3n) is 7.63. The summed E-state index contributed by atoms with van der Waals surface area (Å²) in [4.78, 5) is 27.9. The second-order valence-electron chi connectivity index (χ2n) is 10.0. The molecule has 2 aliphatic rings. The zero-order chi connectivity index (χ0) is 26.2. The Kier molecular flexibility index (Phi) is 7.13. The summed E-state index contributed by atoms with van der Waals surface area (Å²) in [7, 11) is -0.722. The van der Waals surface area contributed by atoms with Crippen molar-refractivity contribution in [2.24, 2.45) is 14.1 Å². The normalized spacial score (nSPS) is 20.3. The van der Waals surface area contributed by atoms with Crippen LogP contribution in [-0.4, -0.2) is 64.9 Å². The van der Waals surface area contributed by atoms with Crippen molar-refractivity contribution < 1.29 is 17.9 Å². The summed E-state index contributed by atoms with van der Waals surface area (Å²) >= 11 is 0. The van der Waals surface area contributed by atoms with Gasteiger partial charge in [-0.2, -0.15) is 4.31 Å². The summed E-state index contributed by atoms with van der Waals surface area (Å²) in [5.41, 5.74) is 2.13. The molecule has 9 nitrogen and oxygen atoms in total. The maximum absolute atomic E-state index is 13.8. The average Bonchev–Trinajstić information content (AvgIpc) is 3.12. The Morgan fingerprint density at radius 1 is 0.892 bits per heavy atom. The van der Waals surface area contributed by atoms with Gasteiger partial charge in [-0.25, -0.2) is 13.2 Å². The summed E-state index contributed by atoms with van der Waals surface area (Å²) < 4.78 is 37.8. The number of aryl methyl sites for hydroxylation is 3. The van der Waals surface area contributed by atoms with Gasteiger partial charge in [0.05, 0.1) is 29.1 Å². The minimum absolute atomic E-state index is 0.0685. The van der Waals surface area contributed by atoms with Crippen molar-refractivity contribution in [1.82, 2.24) is 18.3 Å². The number of hydrogen-bond acceptors (Lipinski definition) is 5. The second-order valence-corrected chi connectivity index (χ2v) is 12.0. The fourth-order valence-electron chi connectivity index (χ4n) is 5.51. The van der Waals surface area contributed by atoms with Gasteiger partial charge in [-0.3, -0.25) is 13.9 Å². The molecule has 198 valence electrons. The lowest BCUT2D eigenvalue weighted by atomic mass is 9.95.